The van der Waals surface area contributed by atoms with Crippen LogP contribution in [-0.4, -0.2) is 37.8 Å². The van der Waals surface area contributed by atoms with E-state index in [4.69, 9.17) is 15.9 Å². The molecule has 0 saturated carbocycles. The SMILES string of the molecule is C#C[C@@]1(OC(C#C[Si](C)(C)C)C=C)OCC(C)(C)[C@H]1O. The molecule has 1 N–H and O–H groups in total. The smallest absolute Gasteiger partial charge is 0.262 e. The Hall–Kier alpha value is -1.04. The first-order valence-corrected chi connectivity index (χ1v) is 10.2. The van der Waals surface area contributed by atoms with E-state index in [0.29, 0.717) is 6.61 Å². The normalized spacial score (nSPS) is 29.9. The fraction of sp³-hybridized carbons (Fsp3) is 0.625. The third kappa shape index (κ3) is 3.74. The van der Waals surface area contributed by atoms with Crippen molar-refractivity contribution in [2.75, 3.05) is 6.61 Å². The summed E-state index contributed by atoms with van der Waals surface area (Å²) >= 11 is 0. The summed E-state index contributed by atoms with van der Waals surface area (Å²) in [5.74, 6) is 4.03. The van der Waals surface area contributed by atoms with Gasteiger partial charge < -0.3 is 14.6 Å². The van der Waals surface area contributed by atoms with Crippen molar-refractivity contribution in [1.29, 1.82) is 0 Å². The summed E-state index contributed by atoms with van der Waals surface area (Å²) in [6.45, 7) is 14.2. The zero-order valence-corrected chi connectivity index (χ0v) is 14.0. The highest BCUT2D eigenvalue weighted by molar-refractivity contribution is 6.83. The van der Waals surface area contributed by atoms with Gasteiger partial charge in [0.1, 0.15) is 20.3 Å². The lowest BCUT2D eigenvalue weighted by Gasteiger charge is -2.31. The van der Waals surface area contributed by atoms with E-state index in [1.54, 1.807) is 6.08 Å². The number of hydrogen-bond donors (Lipinski definition) is 1. The van der Waals surface area contributed by atoms with Gasteiger partial charge in [0.15, 0.2) is 0 Å². The molecule has 110 valence electrons. The molecule has 0 amide bonds. The third-order valence-electron chi connectivity index (χ3n) is 3.07. The minimum atomic E-state index is -1.52. The lowest BCUT2D eigenvalue weighted by Crippen LogP contribution is -2.47. The number of aliphatic hydroxyl groups is 1. The molecule has 1 aliphatic heterocycles. The van der Waals surface area contributed by atoms with Crippen LogP contribution >= 0.6 is 0 Å². The van der Waals surface area contributed by atoms with Crippen molar-refractivity contribution in [1.82, 2.24) is 0 Å². The van der Waals surface area contributed by atoms with Gasteiger partial charge >= 0.3 is 0 Å². The number of rotatable bonds is 3. The molecule has 4 heteroatoms. The van der Waals surface area contributed by atoms with Crippen molar-refractivity contribution in [3.05, 3.63) is 12.7 Å². The third-order valence-corrected chi connectivity index (χ3v) is 3.96. The highest BCUT2D eigenvalue weighted by Crippen LogP contribution is 2.40. The van der Waals surface area contributed by atoms with E-state index < -0.39 is 31.5 Å². The molecule has 0 spiro atoms. The molecule has 0 aliphatic carbocycles. The maximum atomic E-state index is 10.4. The number of terminal acetylenes is 1. The van der Waals surface area contributed by atoms with Gasteiger partial charge in [-0.05, 0) is 5.92 Å². The molecular formula is C16H24O3Si. The summed E-state index contributed by atoms with van der Waals surface area (Å²) in [5, 5.41) is 10.4. The van der Waals surface area contributed by atoms with Crippen LogP contribution in [0.25, 0.3) is 0 Å². The zero-order chi connectivity index (χ0) is 15.6. The van der Waals surface area contributed by atoms with Crippen LogP contribution in [0.5, 0.6) is 0 Å². The first-order valence-electron chi connectivity index (χ1n) is 6.69. The molecule has 1 unspecified atom stereocenters. The molecule has 1 aliphatic rings. The largest absolute Gasteiger partial charge is 0.386 e. The lowest BCUT2D eigenvalue weighted by molar-refractivity contribution is -0.213. The predicted octanol–water partition coefficient (Wildman–Crippen LogP) is 2.19. The van der Waals surface area contributed by atoms with Crippen molar-refractivity contribution in [3.8, 4) is 23.8 Å². The van der Waals surface area contributed by atoms with Crippen LogP contribution in [-0.2, 0) is 9.47 Å². The molecule has 0 aromatic carbocycles. The first-order chi connectivity index (χ1) is 9.06. The average Bonchev–Trinajstić information content (AvgIpc) is 2.58. The Morgan fingerprint density at radius 2 is 2.10 bits per heavy atom. The Bertz CT molecular complexity index is 473. The summed E-state index contributed by atoms with van der Waals surface area (Å²) in [6.07, 6.45) is 5.65. The Morgan fingerprint density at radius 1 is 1.50 bits per heavy atom. The van der Waals surface area contributed by atoms with Gasteiger partial charge in [0.2, 0.25) is 0 Å². The first kappa shape index (κ1) is 17.0. The van der Waals surface area contributed by atoms with Crippen molar-refractivity contribution in [3.63, 3.8) is 0 Å². The van der Waals surface area contributed by atoms with E-state index in [1.807, 2.05) is 13.8 Å². The summed E-state index contributed by atoms with van der Waals surface area (Å²) in [5.41, 5.74) is 2.76. The van der Waals surface area contributed by atoms with Crippen LogP contribution in [0.1, 0.15) is 13.8 Å². The molecule has 0 radical (unpaired) electrons. The van der Waals surface area contributed by atoms with Crippen LogP contribution < -0.4 is 0 Å². The van der Waals surface area contributed by atoms with Crippen molar-refractivity contribution < 1.29 is 14.6 Å². The van der Waals surface area contributed by atoms with Gasteiger partial charge in [0, 0.05) is 5.41 Å². The lowest BCUT2D eigenvalue weighted by atomic mass is 9.86. The summed E-state index contributed by atoms with van der Waals surface area (Å²) in [4.78, 5) is 0. The Balaban J connectivity index is 2.96. The molecule has 1 rings (SSSR count). The van der Waals surface area contributed by atoms with E-state index in [2.05, 4.69) is 43.6 Å². The molecule has 3 nitrogen and oxygen atoms in total. The molecule has 1 heterocycles. The van der Waals surface area contributed by atoms with Gasteiger partial charge in [-0.25, -0.2) is 0 Å². The van der Waals surface area contributed by atoms with Crippen LogP contribution in [0.2, 0.25) is 19.6 Å². The second kappa shape index (κ2) is 5.75. The Kier molecular flexibility index (Phi) is 4.89. The maximum Gasteiger partial charge on any atom is 0.262 e. The highest BCUT2D eigenvalue weighted by Gasteiger charge is 2.54. The zero-order valence-electron chi connectivity index (χ0n) is 13.0. The second-order valence-corrected chi connectivity index (χ2v) is 11.5. The van der Waals surface area contributed by atoms with E-state index in [1.165, 1.54) is 0 Å². The van der Waals surface area contributed by atoms with Crippen molar-refractivity contribution in [2.24, 2.45) is 5.41 Å². The Morgan fingerprint density at radius 3 is 2.45 bits per heavy atom. The molecule has 0 aromatic rings. The minimum Gasteiger partial charge on any atom is -0.386 e. The molecule has 1 fully saturated rings. The van der Waals surface area contributed by atoms with E-state index in [-0.39, 0.29) is 0 Å². The molecular weight excluding hydrogens is 268 g/mol. The number of hydrogen-bond acceptors (Lipinski definition) is 3. The number of ether oxygens (including phenoxy) is 2. The average molecular weight is 292 g/mol. The van der Waals surface area contributed by atoms with Gasteiger partial charge in [-0.15, -0.1) is 12.0 Å². The van der Waals surface area contributed by atoms with Crippen LogP contribution in [0.3, 0.4) is 0 Å². The monoisotopic (exact) mass is 292 g/mol. The number of aliphatic hydroxyl groups excluding tert-OH is 1. The molecule has 1 saturated heterocycles. The topological polar surface area (TPSA) is 38.7 Å². The van der Waals surface area contributed by atoms with Gasteiger partial charge in [0.05, 0.1) is 6.61 Å². The van der Waals surface area contributed by atoms with Crippen LogP contribution in [0, 0.1) is 29.2 Å². The van der Waals surface area contributed by atoms with Crippen LogP contribution in [0.15, 0.2) is 12.7 Å². The summed E-state index contributed by atoms with van der Waals surface area (Å²) in [7, 11) is -1.52. The molecule has 0 bridgehead atoms. The van der Waals surface area contributed by atoms with Gasteiger partial charge in [-0.1, -0.05) is 52.1 Å². The van der Waals surface area contributed by atoms with Gasteiger partial charge in [-0.2, -0.15) is 0 Å². The summed E-state index contributed by atoms with van der Waals surface area (Å²) < 4.78 is 11.3. The Labute approximate surface area is 123 Å². The highest BCUT2D eigenvalue weighted by atomic mass is 28.3. The maximum absolute atomic E-state index is 10.4. The molecule has 20 heavy (non-hydrogen) atoms. The fourth-order valence-electron chi connectivity index (χ4n) is 1.83. The minimum absolute atomic E-state index is 0.337. The second-order valence-electron chi connectivity index (χ2n) is 6.79. The van der Waals surface area contributed by atoms with E-state index in [0.717, 1.165) is 0 Å². The standard InChI is InChI=1S/C16H24O3Si/c1-8-13(10-11-20(5,6)7)19-16(9-2)14(17)15(3,4)12-18-16/h2,8,13-14,17H,1,12H2,3-7H3/t13?,14-,16+/m1/s1. The quantitative estimate of drug-likeness (QED) is 0.492. The van der Waals surface area contributed by atoms with E-state index >= 15 is 0 Å². The van der Waals surface area contributed by atoms with Gasteiger partial charge in [0.25, 0.3) is 5.79 Å². The fourth-order valence-corrected chi connectivity index (χ4v) is 2.41. The van der Waals surface area contributed by atoms with Crippen LogP contribution in [0.4, 0.5) is 0 Å². The predicted molar refractivity (Wildman–Crippen MR) is 83.5 cm³/mol. The molecule has 0 aromatic heterocycles. The summed E-state index contributed by atoms with van der Waals surface area (Å²) in [6, 6.07) is 0. The van der Waals surface area contributed by atoms with Crippen molar-refractivity contribution >= 4 is 8.07 Å². The van der Waals surface area contributed by atoms with Gasteiger partial charge in [-0.3, -0.25) is 0 Å². The molecule has 3 atom stereocenters. The van der Waals surface area contributed by atoms with Crippen molar-refractivity contribution in [2.45, 2.75) is 51.5 Å². The van der Waals surface area contributed by atoms with E-state index in [9.17, 15) is 5.11 Å².